The lowest BCUT2D eigenvalue weighted by Gasteiger charge is -2.20. The van der Waals surface area contributed by atoms with E-state index in [0.29, 0.717) is 18.5 Å². The molecule has 0 spiro atoms. The van der Waals surface area contributed by atoms with E-state index >= 15 is 0 Å². The van der Waals surface area contributed by atoms with E-state index in [1.54, 1.807) is 0 Å². The van der Waals surface area contributed by atoms with E-state index in [9.17, 15) is 9.59 Å². The molecule has 128 valence electrons. The molecule has 0 saturated heterocycles. The highest BCUT2D eigenvalue weighted by atomic mass is 16.2. The lowest BCUT2D eigenvalue weighted by molar-refractivity contribution is -0.130. The molecule has 0 aliphatic carbocycles. The molecule has 0 bridgehead atoms. The molecule has 0 radical (unpaired) electrons. The third-order valence-corrected chi connectivity index (χ3v) is 4.15. The van der Waals surface area contributed by atoms with Crippen LogP contribution >= 0.6 is 0 Å². The Hall–Kier alpha value is -2.36. The van der Waals surface area contributed by atoms with Crippen molar-refractivity contribution < 1.29 is 9.59 Å². The van der Waals surface area contributed by atoms with Crippen LogP contribution in [0.4, 0.5) is 0 Å². The summed E-state index contributed by atoms with van der Waals surface area (Å²) in [6, 6.07) is 13.6. The Morgan fingerprint density at radius 1 is 1.04 bits per heavy atom. The lowest BCUT2D eigenvalue weighted by Crippen LogP contribution is -2.35. The molecule has 2 aromatic rings. The van der Waals surface area contributed by atoms with Gasteiger partial charge in [-0.3, -0.25) is 9.59 Å². The molecular formula is C20H26N2O2. The summed E-state index contributed by atoms with van der Waals surface area (Å²) in [6.07, 6.45) is 2.43. The summed E-state index contributed by atoms with van der Waals surface area (Å²) < 4.78 is 0. The van der Waals surface area contributed by atoms with Crippen LogP contribution in [0, 0.1) is 0 Å². The van der Waals surface area contributed by atoms with Crippen molar-refractivity contribution in [3.05, 3.63) is 48.0 Å². The molecule has 0 aromatic heterocycles. The quantitative estimate of drug-likeness (QED) is 0.805. The molecule has 24 heavy (non-hydrogen) atoms. The Kier molecular flexibility index (Phi) is 6.79. The van der Waals surface area contributed by atoms with Gasteiger partial charge >= 0.3 is 0 Å². The highest BCUT2D eigenvalue weighted by molar-refractivity contribution is 5.98. The number of nitrogens with zero attached hydrogens (tertiary/aromatic N) is 1. The Balaban J connectivity index is 1.86. The highest BCUT2D eigenvalue weighted by Gasteiger charge is 2.12. The fourth-order valence-electron chi connectivity index (χ4n) is 2.68. The van der Waals surface area contributed by atoms with Crippen LogP contribution in [0.15, 0.2) is 42.5 Å². The summed E-state index contributed by atoms with van der Waals surface area (Å²) in [5.74, 6) is -0.0325. The average molecular weight is 326 g/mol. The molecular weight excluding hydrogens is 300 g/mol. The number of hydrogen-bond donors (Lipinski definition) is 1. The number of carbonyl (C=O) groups excluding carboxylic acids is 2. The highest BCUT2D eigenvalue weighted by Crippen LogP contribution is 2.15. The molecule has 0 heterocycles. The van der Waals surface area contributed by atoms with Crippen molar-refractivity contribution in [3.63, 3.8) is 0 Å². The number of carbonyl (C=O) groups is 2. The number of unbranched alkanes of at least 4 members (excludes halogenated alkanes) is 1. The zero-order valence-electron chi connectivity index (χ0n) is 14.5. The lowest BCUT2D eigenvalue weighted by atomic mass is 10.1. The maximum absolute atomic E-state index is 12.2. The smallest absolute Gasteiger partial charge is 0.251 e. The van der Waals surface area contributed by atoms with Crippen molar-refractivity contribution >= 4 is 22.6 Å². The van der Waals surface area contributed by atoms with Crippen LogP contribution in [0.1, 0.15) is 43.5 Å². The summed E-state index contributed by atoms with van der Waals surface area (Å²) in [4.78, 5) is 26.2. The molecule has 0 aliphatic rings. The monoisotopic (exact) mass is 326 g/mol. The van der Waals surface area contributed by atoms with Crippen molar-refractivity contribution in [1.82, 2.24) is 10.2 Å². The Bertz CT molecular complexity index is 697. The fourth-order valence-corrected chi connectivity index (χ4v) is 2.68. The van der Waals surface area contributed by atoms with Crippen LogP contribution in [-0.4, -0.2) is 36.3 Å². The van der Waals surface area contributed by atoms with Gasteiger partial charge in [-0.1, -0.05) is 43.7 Å². The largest absolute Gasteiger partial charge is 0.352 e. The zero-order valence-corrected chi connectivity index (χ0v) is 14.5. The van der Waals surface area contributed by atoms with Crippen molar-refractivity contribution in [2.75, 3.05) is 19.6 Å². The summed E-state index contributed by atoms with van der Waals surface area (Å²) >= 11 is 0. The molecule has 0 fully saturated rings. The molecule has 0 unspecified atom stereocenters. The van der Waals surface area contributed by atoms with Crippen molar-refractivity contribution in [2.45, 2.75) is 33.1 Å². The second-order valence-corrected chi connectivity index (χ2v) is 5.89. The molecule has 0 saturated carbocycles. The van der Waals surface area contributed by atoms with Gasteiger partial charge < -0.3 is 10.2 Å². The third kappa shape index (κ3) is 4.82. The van der Waals surface area contributed by atoms with Gasteiger partial charge in [0.2, 0.25) is 5.91 Å². The SMILES string of the molecule is CCCCN(CC)C(=O)CCNC(=O)c1ccc2ccccc2c1. The molecule has 1 N–H and O–H groups in total. The zero-order chi connectivity index (χ0) is 17.4. The van der Waals surface area contributed by atoms with E-state index < -0.39 is 0 Å². The number of nitrogens with one attached hydrogen (secondary N) is 1. The van der Waals surface area contributed by atoms with E-state index in [-0.39, 0.29) is 11.8 Å². The van der Waals surface area contributed by atoms with E-state index in [1.165, 1.54) is 0 Å². The van der Waals surface area contributed by atoms with Crippen molar-refractivity contribution in [3.8, 4) is 0 Å². The molecule has 4 nitrogen and oxygen atoms in total. The van der Waals surface area contributed by atoms with E-state index in [2.05, 4.69) is 12.2 Å². The van der Waals surface area contributed by atoms with Gasteiger partial charge in [0.15, 0.2) is 0 Å². The van der Waals surface area contributed by atoms with Gasteiger partial charge in [0.25, 0.3) is 5.91 Å². The molecule has 0 atom stereocenters. The maximum atomic E-state index is 12.2. The van der Waals surface area contributed by atoms with E-state index in [1.807, 2.05) is 54.3 Å². The van der Waals surface area contributed by atoms with Gasteiger partial charge in [-0.05, 0) is 36.2 Å². The van der Waals surface area contributed by atoms with Crippen LogP contribution in [0.25, 0.3) is 10.8 Å². The van der Waals surface area contributed by atoms with Crippen LogP contribution in [-0.2, 0) is 4.79 Å². The van der Waals surface area contributed by atoms with Gasteiger partial charge in [0.05, 0.1) is 0 Å². The first-order chi connectivity index (χ1) is 11.7. The van der Waals surface area contributed by atoms with Gasteiger partial charge in [0.1, 0.15) is 0 Å². The van der Waals surface area contributed by atoms with Gasteiger partial charge in [-0.15, -0.1) is 0 Å². The van der Waals surface area contributed by atoms with Gasteiger partial charge in [0, 0.05) is 31.6 Å². The minimum Gasteiger partial charge on any atom is -0.352 e. The fraction of sp³-hybridized carbons (Fsp3) is 0.400. The minimum absolute atomic E-state index is 0.102. The number of fused-ring (bicyclic) bond motifs is 1. The summed E-state index contributed by atoms with van der Waals surface area (Å²) in [5, 5.41) is 4.99. The number of amides is 2. The molecule has 2 rings (SSSR count). The second kappa shape index (κ2) is 9.06. The Labute approximate surface area is 143 Å². The predicted molar refractivity (Wildman–Crippen MR) is 98.1 cm³/mol. The first kappa shape index (κ1) is 18.0. The van der Waals surface area contributed by atoms with Gasteiger partial charge in [-0.25, -0.2) is 0 Å². The first-order valence-electron chi connectivity index (χ1n) is 8.70. The normalized spacial score (nSPS) is 10.6. The van der Waals surface area contributed by atoms with Crippen LogP contribution < -0.4 is 5.32 Å². The van der Waals surface area contributed by atoms with Crippen molar-refractivity contribution in [2.24, 2.45) is 0 Å². The standard InChI is InChI=1S/C20H26N2O2/c1-3-5-14-22(4-2)19(23)12-13-21-20(24)18-11-10-16-8-6-7-9-17(16)15-18/h6-11,15H,3-5,12-14H2,1-2H3,(H,21,24). The van der Waals surface area contributed by atoms with Gasteiger partial charge in [-0.2, -0.15) is 0 Å². The second-order valence-electron chi connectivity index (χ2n) is 5.89. The molecule has 2 aromatic carbocycles. The number of hydrogen-bond acceptors (Lipinski definition) is 2. The van der Waals surface area contributed by atoms with Crippen LogP contribution in [0.2, 0.25) is 0 Å². The van der Waals surface area contributed by atoms with Crippen LogP contribution in [0.5, 0.6) is 0 Å². The molecule has 4 heteroatoms. The summed E-state index contributed by atoms with van der Waals surface area (Å²) in [6.45, 7) is 5.98. The average Bonchev–Trinajstić information content (AvgIpc) is 2.61. The maximum Gasteiger partial charge on any atom is 0.251 e. The number of benzene rings is 2. The third-order valence-electron chi connectivity index (χ3n) is 4.15. The first-order valence-corrected chi connectivity index (χ1v) is 8.70. The Morgan fingerprint density at radius 3 is 2.50 bits per heavy atom. The molecule has 2 amide bonds. The van der Waals surface area contributed by atoms with Crippen LogP contribution in [0.3, 0.4) is 0 Å². The summed E-state index contributed by atoms with van der Waals surface area (Å²) in [7, 11) is 0. The Morgan fingerprint density at radius 2 is 1.79 bits per heavy atom. The van der Waals surface area contributed by atoms with E-state index in [0.717, 1.165) is 36.7 Å². The van der Waals surface area contributed by atoms with Crippen molar-refractivity contribution in [1.29, 1.82) is 0 Å². The van der Waals surface area contributed by atoms with E-state index in [4.69, 9.17) is 0 Å². The topological polar surface area (TPSA) is 49.4 Å². The summed E-state index contributed by atoms with van der Waals surface area (Å²) in [5.41, 5.74) is 0.625. The number of rotatable bonds is 8. The predicted octanol–water partition coefficient (Wildman–Crippen LogP) is 3.61. The minimum atomic E-state index is -0.134. The molecule has 0 aliphatic heterocycles.